The number of hydrogen-bond acceptors (Lipinski definition) is 2. The van der Waals surface area contributed by atoms with Crippen LogP contribution in [0.15, 0.2) is 24.3 Å². The summed E-state index contributed by atoms with van der Waals surface area (Å²) in [7, 11) is 0. The van der Waals surface area contributed by atoms with Gasteiger partial charge in [0.2, 0.25) is 0 Å². The Labute approximate surface area is 198 Å². The van der Waals surface area contributed by atoms with Gasteiger partial charge in [-0.15, -0.1) is 0 Å². The third-order valence-electron chi connectivity index (χ3n) is 8.73. The quantitative estimate of drug-likeness (QED) is 0.317. The lowest BCUT2D eigenvalue weighted by Crippen LogP contribution is -2.36. The molecule has 182 valence electrons. The molecule has 4 aliphatic rings. The highest BCUT2D eigenvalue weighted by atomic mass is 19.3. The van der Waals surface area contributed by atoms with Gasteiger partial charge >= 0.3 is 11.8 Å². The Hall–Kier alpha value is -2.24. The van der Waals surface area contributed by atoms with E-state index >= 15 is 17.6 Å². The summed E-state index contributed by atoms with van der Waals surface area (Å²) in [5.41, 5.74) is 15.1. The van der Waals surface area contributed by atoms with Crippen molar-refractivity contribution in [3.63, 3.8) is 0 Å². The first kappa shape index (κ1) is 22.2. The second-order valence-electron chi connectivity index (χ2n) is 11.1. The molecule has 2 aromatic carbocycles. The highest BCUT2D eigenvalue weighted by Crippen LogP contribution is 2.56. The van der Waals surface area contributed by atoms with E-state index in [-0.39, 0.29) is 23.7 Å². The van der Waals surface area contributed by atoms with Gasteiger partial charge in [0, 0.05) is 22.5 Å². The molecule has 0 aromatic heterocycles. The van der Waals surface area contributed by atoms with Crippen LogP contribution in [-0.2, 0) is 11.8 Å². The van der Waals surface area contributed by atoms with E-state index < -0.39 is 23.0 Å². The number of nitrogens with two attached hydrogens (primary N) is 2. The fourth-order valence-electron chi connectivity index (χ4n) is 5.70. The smallest absolute Gasteiger partial charge is 0.339 e. The van der Waals surface area contributed by atoms with Gasteiger partial charge in [-0.1, -0.05) is 12.8 Å². The van der Waals surface area contributed by atoms with Gasteiger partial charge in [0.25, 0.3) is 0 Å². The van der Waals surface area contributed by atoms with Gasteiger partial charge < -0.3 is 11.5 Å². The lowest BCUT2D eigenvalue weighted by molar-refractivity contribution is -0.224. The first-order chi connectivity index (χ1) is 16.2. The predicted octanol–water partition coefficient (Wildman–Crippen LogP) is 8.02. The number of anilines is 2. The molecule has 0 heterocycles. The maximum atomic E-state index is 15.8. The van der Waals surface area contributed by atoms with Gasteiger partial charge in [-0.3, -0.25) is 0 Å². The maximum Gasteiger partial charge on any atom is 0.339 e. The molecular weight excluding hydrogens is 440 g/mol. The molecule has 4 aliphatic carbocycles. The van der Waals surface area contributed by atoms with Crippen molar-refractivity contribution in [3.05, 3.63) is 57.6 Å². The predicted molar refractivity (Wildman–Crippen MR) is 127 cm³/mol. The molecule has 4 N–H and O–H groups in total. The standard InChI is InChI=1S/C28H32F4N2/c29-27(30,19-11-21(15-3-1-4-15)25(33)23(13-19)17-7-8-17)28(31,32)20-12-22(16-5-2-6-16)26(34)24(14-20)18-9-10-18/h11-18H,1-10,33-34H2. The van der Waals surface area contributed by atoms with Crippen molar-refractivity contribution < 1.29 is 17.6 Å². The highest BCUT2D eigenvalue weighted by Gasteiger charge is 2.59. The van der Waals surface area contributed by atoms with Gasteiger partial charge in [-0.2, -0.15) is 17.6 Å². The molecule has 0 bridgehead atoms. The van der Waals surface area contributed by atoms with Crippen LogP contribution < -0.4 is 11.5 Å². The molecule has 4 fully saturated rings. The summed E-state index contributed by atoms with van der Waals surface area (Å²) in [5, 5.41) is 0. The number of nitrogen functional groups attached to an aromatic ring is 2. The largest absolute Gasteiger partial charge is 0.398 e. The van der Waals surface area contributed by atoms with Crippen LogP contribution in [-0.4, -0.2) is 0 Å². The van der Waals surface area contributed by atoms with Gasteiger partial charge in [0.15, 0.2) is 0 Å². The summed E-state index contributed by atoms with van der Waals surface area (Å²) >= 11 is 0. The van der Waals surface area contributed by atoms with E-state index in [0.29, 0.717) is 33.6 Å². The van der Waals surface area contributed by atoms with Crippen LogP contribution in [0.1, 0.15) is 121 Å². The summed E-state index contributed by atoms with van der Waals surface area (Å²) in [6, 6.07) is 5.06. The first-order valence-electron chi connectivity index (χ1n) is 12.8. The van der Waals surface area contributed by atoms with Crippen molar-refractivity contribution in [2.45, 2.75) is 99.7 Å². The van der Waals surface area contributed by atoms with Crippen LogP contribution in [0.25, 0.3) is 0 Å². The molecule has 0 spiro atoms. The molecular formula is C28H32F4N2. The van der Waals surface area contributed by atoms with E-state index in [1.165, 1.54) is 24.3 Å². The zero-order chi connectivity index (χ0) is 23.8. The maximum absolute atomic E-state index is 15.8. The molecule has 0 unspecified atom stereocenters. The second-order valence-corrected chi connectivity index (χ2v) is 11.1. The van der Waals surface area contributed by atoms with Crippen molar-refractivity contribution in [2.24, 2.45) is 0 Å². The number of benzene rings is 2. The lowest BCUT2D eigenvalue weighted by atomic mass is 9.76. The van der Waals surface area contributed by atoms with Crippen LogP contribution in [0.5, 0.6) is 0 Å². The molecule has 34 heavy (non-hydrogen) atoms. The average Bonchev–Trinajstić information content (AvgIpc) is 3.60. The molecule has 6 rings (SSSR count). The van der Waals surface area contributed by atoms with Crippen molar-refractivity contribution in [3.8, 4) is 0 Å². The van der Waals surface area contributed by atoms with Crippen molar-refractivity contribution in [1.29, 1.82) is 0 Å². The third kappa shape index (κ3) is 3.43. The molecule has 2 aromatic rings. The minimum absolute atomic E-state index is 0.0880. The minimum Gasteiger partial charge on any atom is -0.398 e. The van der Waals surface area contributed by atoms with Crippen LogP contribution in [0.2, 0.25) is 0 Å². The second kappa shape index (κ2) is 7.63. The minimum atomic E-state index is -4.35. The van der Waals surface area contributed by atoms with Crippen LogP contribution >= 0.6 is 0 Å². The number of rotatable bonds is 7. The number of alkyl halides is 4. The van der Waals surface area contributed by atoms with E-state index in [4.69, 9.17) is 11.5 Å². The van der Waals surface area contributed by atoms with Crippen LogP contribution in [0, 0.1) is 0 Å². The molecule has 0 radical (unpaired) electrons. The SMILES string of the molecule is Nc1c(C2CCC2)cc(C(F)(F)C(F)(F)c2cc(C3CCC3)c(N)c(C3CC3)c2)cc1C1CC1. The fourth-order valence-corrected chi connectivity index (χ4v) is 5.70. The van der Waals surface area contributed by atoms with Gasteiger partial charge in [0.1, 0.15) is 0 Å². The monoisotopic (exact) mass is 472 g/mol. The summed E-state index contributed by atoms with van der Waals surface area (Å²) in [6.07, 6.45) is 8.97. The Morgan fingerprint density at radius 3 is 0.971 bits per heavy atom. The van der Waals surface area contributed by atoms with E-state index in [1.807, 2.05) is 0 Å². The number of halogens is 4. The Kier molecular flexibility index (Phi) is 4.99. The van der Waals surface area contributed by atoms with E-state index in [9.17, 15) is 0 Å². The van der Waals surface area contributed by atoms with E-state index in [0.717, 1.165) is 64.2 Å². The van der Waals surface area contributed by atoms with Gasteiger partial charge in [-0.05, 0) is 122 Å². The lowest BCUT2D eigenvalue weighted by Gasteiger charge is -2.33. The highest BCUT2D eigenvalue weighted by molar-refractivity contribution is 5.62. The molecule has 2 nitrogen and oxygen atoms in total. The summed E-state index contributed by atoms with van der Waals surface area (Å²) in [5.74, 6) is -8.32. The molecule has 0 aliphatic heterocycles. The first-order valence-corrected chi connectivity index (χ1v) is 12.8. The van der Waals surface area contributed by atoms with Crippen molar-refractivity contribution in [2.75, 3.05) is 11.5 Å². The Morgan fingerprint density at radius 2 is 0.765 bits per heavy atom. The third-order valence-corrected chi connectivity index (χ3v) is 8.73. The van der Waals surface area contributed by atoms with Gasteiger partial charge in [-0.25, -0.2) is 0 Å². The van der Waals surface area contributed by atoms with Gasteiger partial charge in [0.05, 0.1) is 0 Å². The zero-order valence-electron chi connectivity index (χ0n) is 19.4. The molecule has 0 atom stereocenters. The van der Waals surface area contributed by atoms with E-state index in [2.05, 4.69) is 0 Å². The Morgan fingerprint density at radius 1 is 0.500 bits per heavy atom. The zero-order valence-corrected chi connectivity index (χ0v) is 19.4. The Balaban J connectivity index is 1.45. The summed E-state index contributed by atoms with van der Waals surface area (Å²) in [6.45, 7) is 0. The average molecular weight is 473 g/mol. The number of hydrogen-bond donors (Lipinski definition) is 2. The normalized spacial score (nSPS) is 21.9. The van der Waals surface area contributed by atoms with Crippen molar-refractivity contribution in [1.82, 2.24) is 0 Å². The molecule has 0 saturated heterocycles. The molecule has 0 amide bonds. The fraction of sp³-hybridized carbons (Fsp3) is 0.571. The Bertz CT molecular complexity index is 1040. The summed E-state index contributed by atoms with van der Waals surface area (Å²) in [4.78, 5) is 0. The molecule has 4 saturated carbocycles. The summed E-state index contributed by atoms with van der Waals surface area (Å²) < 4.78 is 63.3. The van der Waals surface area contributed by atoms with Crippen LogP contribution in [0.3, 0.4) is 0 Å². The van der Waals surface area contributed by atoms with Crippen molar-refractivity contribution >= 4 is 11.4 Å². The topological polar surface area (TPSA) is 52.0 Å². The van der Waals surface area contributed by atoms with Crippen LogP contribution in [0.4, 0.5) is 28.9 Å². The van der Waals surface area contributed by atoms with E-state index in [1.54, 1.807) is 0 Å². The molecule has 6 heteroatoms.